The Bertz CT molecular complexity index is 154. The van der Waals surface area contributed by atoms with E-state index in [-0.39, 0.29) is 6.10 Å². The summed E-state index contributed by atoms with van der Waals surface area (Å²) in [6.07, 6.45) is 10.3. The van der Waals surface area contributed by atoms with Crippen LogP contribution in [0.2, 0.25) is 0 Å². The second-order valence-corrected chi connectivity index (χ2v) is 4.37. The van der Waals surface area contributed by atoms with Crippen LogP contribution in [-0.2, 0) is 0 Å². The predicted molar refractivity (Wildman–Crippen MR) is 55.3 cm³/mol. The molecule has 1 atom stereocenters. The van der Waals surface area contributed by atoms with E-state index in [2.05, 4.69) is 22.0 Å². The van der Waals surface area contributed by atoms with Crippen LogP contribution in [0.3, 0.4) is 0 Å². The fraction of sp³-hybridized carbons (Fsp3) is 0.800. The third-order valence-corrected chi connectivity index (χ3v) is 3.19. The van der Waals surface area contributed by atoms with Gasteiger partial charge in [-0.2, -0.15) is 0 Å². The number of allylic oxidation sites excluding steroid dienone is 1. The molecule has 0 aromatic carbocycles. The topological polar surface area (TPSA) is 20.2 Å². The second kappa shape index (κ2) is 5.76. The molecular formula is C10H17BrO. The van der Waals surface area contributed by atoms with Crippen molar-refractivity contribution in [3.8, 4) is 0 Å². The molecular weight excluding hydrogens is 216 g/mol. The molecule has 1 unspecified atom stereocenters. The summed E-state index contributed by atoms with van der Waals surface area (Å²) >= 11 is 3.41. The van der Waals surface area contributed by atoms with Gasteiger partial charge >= 0.3 is 0 Å². The summed E-state index contributed by atoms with van der Waals surface area (Å²) in [5, 5.41) is 9.58. The average molecular weight is 233 g/mol. The molecule has 1 aliphatic carbocycles. The highest BCUT2D eigenvalue weighted by Crippen LogP contribution is 2.20. The molecule has 0 saturated carbocycles. The molecule has 12 heavy (non-hydrogen) atoms. The lowest BCUT2D eigenvalue weighted by Crippen LogP contribution is -2.06. The molecule has 1 aliphatic rings. The molecule has 1 rings (SSSR count). The quantitative estimate of drug-likeness (QED) is 0.680. The van der Waals surface area contributed by atoms with E-state index < -0.39 is 0 Å². The zero-order chi connectivity index (χ0) is 8.81. The van der Waals surface area contributed by atoms with E-state index in [1.807, 2.05) is 0 Å². The summed E-state index contributed by atoms with van der Waals surface area (Å²) in [5.41, 5.74) is 0. The molecule has 1 N–H and O–H groups in total. The van der Waals surface area contributed by atoms with E-state index in [1.165, 1.54) is 25.7 Å². The van der Waals surface area contributed by atoms with E-state index in [0.717, 1.165) is 23.7 Å². The fourth-order valence-electron chi connectivity index (χ4n) is 1.53. The van der Waals surface area contributed by atoms with Crippen molar-refractivity contribution in [2.75, 3.05) is 0 Å². The molecule has 2 heteroatoms. The Kier molecular flexibility index (Phi) is 4.93. The molecule has 0 fully saturated rings. The molecule has 0 spiro atoms. The molecule has 0 bridgehead atoms. The molecule has 70 valence electrons. The van der Waals surface area contributed by atoms with Gasteiger partial charge in [0, 0.05) is 4.48 Å². The zero-order valence-corrected chi connectivity index (χ0v) is 9.02. The highest BCUT2D eigenvalue weighted by atomic mass is 79.9. The monoisotopic (exact) mass is 232 g/mol. The van der Waals surface area contributed by atoms with Crippen LogP contribution < -0.4 is 0 Å². The van der Waals surface area contributed by atoms with Crippen LogP contribution in [0.15, 0.2) is 10.6 Å². The van der Waals surface area contributed by atoms with Gasteiger partial charge in [0.2, 0.25) is 0 Å². The van der Waals surface area contributed by atoms with E-state index in [4.69, 9.17) is 0 Å². The number of halogens is 1. The number of aliphatic hydroxyl groups is 1. The summed E-state index contributed by atoms with van der Waals surface area (Å²) in [6.45, 7) is 0. The lowest BCUT2D eigenvalue weighted by molar-refractivity contribution is 0.204. The normalized spacial score (nSPS) is 27.8. The Hall–Kier alpha value is 0.180. The van der Waals surface area contributed by atoms with Crippen LogP contribution in [-0.4, -0.2) is 11.2 Å². The Labute approximate surface area is 83.0 Å². The molecule has 0 aliphatic heterocycles. The first-order chi connectivity index (χ1) is 5.80. The first kappa shape index (κ1) is 10.3. The minimum Gasteiger partial charge on any atom is -0.388 e. The standard InChI is InChI=1S/C10H17BrO/c11-9-7-5-3-1-2-4-6-8-10(9)12/h7,10,12H,1-6,8H2. The Morgan fingerprint density at radius 1 is 1.17 bits per heavy atom. The van der Waals surface area contributed by atoms with Gasteiger partial charge in [0.1, 0.15) is 0 Å². The van der Waals surface area contributed by atoms with Crippen LogP contribution in [0.25, 0.3) is 0 Å². The average Bonchev–Trinajstić information content (AvgIpc) is 2.08. The van der Waals surface area contributed by atoms with E-state index in [1.54, 1.807) is 0 Å². The van der Waals surface area contributed by atoms with Crippen molar-refractivity contribution in [2.45, 2.75) is 51.0 Å². The van der Waals surface area contributed by atoms with Crippen LogP contribution in [0.1, 0.15) is 44.9 Å². The molecule has 0 aromatic heterocycles. The van der Waals surface area contributed by atoms with Gasteiger partial charge in [-0.05, 0) is 19.3 Å². The highest BCUT2D eigenvalue weighted by Gasteiger charge is 2.08. The van der Waals surface area contributed by atoms with Crippen LogP contribution in [0.4, 0.5) is 0 Å². The van der Waals surface area contributed by atoms with Gasteiger partial charge in [-0.25, -0.2) is 0 Å². The van der Waals surface area contributed by atoms with Crippen molar-refractivity contribution in [3.05, 3.63) is 10.6 Å². The molecule has 0 heterocycles. The van der Waals surface area contributed by atoms with Crippen LogP contribution in [0, 0.1) is 0 Å². The minimum atomic E-state index is -0.247. The third kappa shape index (κ3) is 3.72. The van der Waals surface area contributed by atoms with Crippen molar-refractivity contribution >= 4 is 15.9 Å². The lowest BCUT2D eigenvalue weighted by Gasteiger charge is -2.11. The van der Waals surface area contributed by atoms with Gasteiger partial charge in [-0.3, -0.25) is 0 Å². The van der Waals surface area contributed by atoms with Gasteiger partial charge < -0.3 is 5.11 Å². The summed E-state index contributed by atoms with van der Waals surface area (Å²) in [4.78, 5) is 0. The van der Waals surface area contributed by atoms with Crippen molar-refractivity contribution in [1.29, 1.82) is 0 Å². The predicted octanol–water partition coefficient (Wildman–Crippen LogP) is 3.37. The maximum Gasteiger partial charge on any atom is 0.0851 e. The van der Waals surface area contributed by atoms with Crippen molar-refractivity contribution in [1.82, 2.24) is 0 Å². The van der Waals surface area contributed by atoms with Crippen LogP contribution in [0.5, 0.6) is 0 Å². The Morgan fingerprint density at radius 3 is 2.67 bits per heavy atom. The van der Waals surface area contributed by atoms with E-state index >= 15 is 0 Å². The van der Waals surface area contributed by atoms with Crippen molar-refractivity contribution < 1.29 is 5.11 Å². The van der Waals surface area contributed by atoms with Crippen molar-refractivity contribution in [3.63, 3.8) is 0 Å². The molecule has 0 saturated heterocycles. The third-order valence-electron chi connectivity index (χ3n) is 2.34. The maximum atomic E-state index is 9.58. The summed E-state index contributed by atoms with van der Waals surface area (Å²) in [5.74, 6) is 0. The minimum absolute atomic E-state index is 0.247. The smallest absolute Gasteiger partial charge is 0.0851 e. The van der Waals surface area contributed by atoms with E-state index in [0.29, 0.717) is 0 Å². The zero-order valence-electron chi connectivity index (χ0n) is 7.43. The molecule has 0 radical (unpaired) electrons. The van der Waals surface area contributed by atoms with Gasteiger partial charge in [0.15, 0.2) is 0 Å². The molecule has 1 nitrogen and oxygen atoms in total. The fourth-order valence-corrected chi connectivity index (χ4v) is 1.98. The first-order valence-corrected chi connectivity index (χ1v) is 5.63. The number of hydrogen-bond donors (Lipinski definition) is 1. The second-order valence-electron chi connectivity index (χ2n) is 3.45. The number of hydrogen-bond acceptors (Lipinski definition) is 1. The van der Waals surface area contributed by atoms with Crippen molar-refractivity contribution in [2.24, 2.45) is 0 Å². The molecule has 0 amide bonds. The largest absolute Gasteiger partial charge is 0.388 e. The van der Waals surface area contributed by atoms with Gasteiger partial charge in [0.25, 0.3) is 0 Å². The van der Waals surface area contributed by atoms with Gasteiger partial charge in [-0.1, -0.05) is 47.7 Å². The summed E-state index contributed by atoms with van der Waals surface area (Å²) in [7, 11) is 0. The number of aliphatic hydroxyl groups excluding tert-OH is 1. The summed E-state index contributed by atoms with van der Waals surface area (Å²) < 4.78 is 0.990. The highest BCUT2D eigenvalue weighted by molar-refractivity contribution is 9.11. The van der Waals surface area contributed by atoms with Gasteiger partial charge in [-0.15, -0.1) is 0 Å². The number of rotatable bonds is 0. The van der Waals surface area contributed by atoms with E-state index in [9.17, 15) is 5.11 Å². The van der Waals surface area contributed by atoms with Gasteiger partial charge in [0.05, 0.1) is 6.10 Å². The molecule has 0 aromatic rings. The SMILES string of the molecule is OC1CCCCCCCC=C1Br. The maximum absolute atomic E-state index is 9.58. The lowest BCUT2D eigenvalue weighted by atomic mass is 10.0. The summed E-state index contributed by atoms with van der Waals surface area (Å²) in [6, 6.07) is 0. The first-order valence-electron chi connectivity index (χ1n) is 4.84. The Balaban J connectivity index is 2.42. The Morgan fingerprint density at radius 2 is 1.83 bits per heavy atom. The van der Waals surface area contributed by atoms with Crippen LogP contribution >= 0.6 is 15.9 Å².